The minimum absolute atomic E-state index is 0.0405. The van der Waals surface area contributed by atoms with Gasteiger partial charge in [0.15, 0.2) is 0 Å². The monoisotopic (exact) mass is 445 g/mol. The van der Waals surface area contributed by atoms with E-state index in [1.54, 1.807) is 9.80 Å². The van der Waals surface area contributed by atoms with E-state index in [1.165, 1.54) is 0 Å². The van der Waals surface area contributed by atoms with Crippen LogP contribution in [0.3, 0.4) is 0 Å². The number of likely N-dealkylation sites (tertiary alicyclic amines) is 1. The smallest absolute Gasteiger partial charge is 0.326 e. The molecule has 0 bridgehead atoms. The molecule has 32 heavy (non-hydrogen) atoms. The highest BCUT2D eigenvalue weighted by Crippen LogP contribution is 2.22. The maximum Gasteiger partial charge on any atom is 0.326 e. The van der Waals surface area contributed by atoms with Crippen LogP contribution < -0.4 is 0 Å². The summed E-state index contributed by atoms with van der Waals surface area (Å²) in [6.45, 7) is 11.4. The molecule has 1 saturated heterocycles. The molecule has 1 aromatic rings. The predicted octanol–water partition coefficient (Wildman–Crippen LogP) is 2.89. The Kier molecular flexibility index (Phi) is 8.84. The van der Waals surface area contributed by atoms with Gasteiger partial charge in [-0.25, -0.2) is 0 Å². The molecule has 1 heterocycles. The van der Waals surface area contributed by atoms with Crippen molar-refractivity contribution in [3.8, 4) is 0 Å². The quantitative estimate of drug-likeness (QED) is 0.604. The zero-order valence-electron chi connectivity index (χ0n) is 20.7. The number of rotatable bonds is 7. The number of aryl methyl sites for hydroxylation is 2. The van der Waals surface area contributed by atoms with Gasteiger partial charge in [-0.05, 0) is 73.7 Å². The topological polar surface area (TPSA) is 70.2 Å². The van der Waals surface area contributed by atoms with Crippen molar-refractivity contribution in [1.82, 2.24) is 14.7 Å². The highest BCUT2D eigenvalue weighted by Gasteiger charge is 2.33. The molecule has 1 fully saturated rings. The number of benzene rings is 1. The van der Waals surface area contributed by atoms with Crippen molar-refractivity contribution in [2.24, 2.45) is 5.92 Å². The van der Waals surface area contributed by atoms with E-state index in [9.17, 15) is 14.4 Å². The van der Waals surface area contributed by atoms with Crippen molar-refractivity contribution in [3.05, 3.63) is 34.9 Å². The first-order valence-electron chi connectivity index (χ1n) is 11.4. The molecule has 2 rings (SSSR count). The van der Waals surface area contributed by atoms with Crippen molar-refractivity contribution >= 4 is 17.8 Å². The summed E-state index contributed by atoms with van der Waals surface area (Å²) in [4.78, 5) is 44.3. The fraction of sp³-hybridized carbons (Fsp3) is 0.640. The van der Waals surface area contributed by atoms with E-state index in [2.05, 4.69) is 0 Å². The van der Waals surface area contributed by atoms with Crippen molar-refractivity contribution in [2.75, 3.05) is 46.8 Å². The lowest BCUT2D eigenvalue weighted by Crippen LogP contribution is -2.49. The van der Waals surface area contributed by atoms with Crippen LogP contribution in [0.4, 0.5) is 0 Å². The average molecular weight is 446 g/mol. The molecule has 1 unspecified atom stereocenters. The molecule has 0 aliphatic carbocycles. The Bertz CT molecular complexity index is 809. The minimum atomic E-state index is -0.604. The van der Waals surface area contributed by atoms with Gasteiger partial charge in [-0.15, -0.1) is 0 Å². The van der Waals surface area contributed by atoms with Crippen molar-refractivity contribution < 1.29 is 19.1 Å². The summed E-state index contributed by atoms with van der Waals surface area (Å²) in [5, 5.41) is 0. The van der Waals surface area contributed by atoms with Crippen LogP contribution in [0.25, 0.3) is 0 Å². The number of hydrogen-bond donors (Lipinski definition) is 0. The van der Waals surface area contributed by atoms with Crippen molar-refractivity contribution in [2.45, 2.75) is 53.1 Å². The molecule has 1 atom stereocenters. The fourth-order valence-corrected chi connectivity index (χ4v) is 4.02. The number of ether oxygens (including phenoxy) is 1. The van der Waals surface area contributed by atoms with Gasteiger partial charge >= 0.3 is 5.97 Å². The summed E-state index contributed by atoms with van der Waals surface area (Å²) in [6.07, 6.45) is 1.48. The van der Waals surface area contributed by atoms with E-state index >= 15 is 0 Å². The molecule has 0 spiro atoms. The Morgan fingerprint density at radius 1 is 1.06 bits per heavy atom. The number of carbonyl (C=O) groups is 3. The highest BCUT2D eigenvalue weighted by molar-refractivity contribution is 5.95. The Morgan fingerprint density at radius 3 is 2.25 bits per heavy atom. The number of hydrogen-bond acceptors (Lipinski definition) is 5. The summed E-state index contributed by atoms with van der Waals surface area (Å²) in [7, 11) is 3.86. The van der Waals surface area contributed by atoms with Gasteiger partial charge in [-0.1, -0.05) is 17.2 Å². The van der Waals surface area contributed by atoms with E-state index < -0.39 is 11.6 Å². The number of carbonyl (C=O) groups excluding carboxylic acids is 3. The second-order valence-electron chi connectivity index (χ2n) is 10.1. The molecule has 1 aliphatic rings. The van der Waals surface area contributed by atoms with Gasteiger partial charge in [0, 0.05) is 31.7 Å². The van der Waals surface area contributed by atoms with E-state index in [1.807, 2.05) is 71.8 Å². The first-order valence-corrected chi connectivity index (χ1v) is 11.4. The molecule has 1 aromatic carbocycles. The van der Waals surface area contributed by atoms with Crippen LogP contribution in [0.15, 0.2) is 18.2 Å². The second kappa shape index (κ2) is 10.9. The van der Waals surface area contributed by atoms with E-state index in [0.29, 0.717) is 38.2 Å². The zero-order valence-corrected chi connectivity index (χ0v) is 20.7. The van der Waals surface area contributed by atoms with Crippen LogP contribution in [0, 0.1) is 19.8 Å². The number of nitrogens with zero attached hydrogens (tertiary/aromatic N) is 3. The zero-order chi connectivity index (χ0) is 24.1. The number of piperidine rings is 1. The summed E-state index contributed by atoms with van der Waals surface area (Å²) in [5.41, 5.74) is 2.15. The molecule has 0 saturated carbocycles. The lowest BCUT2D eigenvalue weighted by molar-refractivity contribution is -0.160. The van der Waals surface area contributed by atoms with E-state index in [4.69, 9.17) is 4.74 Å². The normalized spacial score (nSPS) is 16.8. The number of esters is 1. The Labute approximate surface area is 192 Å². The SMILES string of the molecule is Cc1cc(C)cc(C(=O)N2CCCC(C(=O)N(CCN(C)C)CC(=O)OC(C)(C)C)C2)c1. The van der Waals surface area contributed by atoms with Crippen LogP contribution in [0.1, 0.15) is 55.1 Å². The molecule has 0 radical (unpaired) electrons. The first kappa shape index (κ1) is 25.8. The standard InChI is InChI=1S/C25H39N3O4/c1-18-13-19(2)15-21(14-18)24(31)27-10-8-9-20(16-27)23(30)28(12-11-26(6)7)17-22(29)32-25(3,4)5/h13-15,20H,8-12,16-17H2,1-7H3. The summed E-state index contributed by atoms with van der Waals surface area (Å²) >= 11 is 0. The van der Waals surface area contributed by atoms with Gasteiger partial charge in [0.2, 0.25) is 5.91 Å². The summed E-state index contributed by atoms with van der Waals surface area (Å²) < 4.78 is 5.44. The van der Waals surface area contributed by atoms with Crippen molar-refractivity contribution in [1.29, 1.82) is 0 Å². The fourth-order valence-electron chi connectivity index (χ4n) is 4.02. The van der Waals surface area contributed by atoms with E-state index in [-0.39, 0.29) is 24.3 Å². The highest BCUT2D eigenvalue weighted by atomic mass is 16.6. The van der Waals surface area contributed by atoms with Crippen LogP contribution in [0.5, 0.6) is 0 Å². The third-order valence-electron chi connectivity index (χ3n) is 5.40. The Morgan fingerprint density at radius 2 is 1.69 bits per heavy atom. The van der Waals surface area contributed by atoms with Gasteiger partial charge in [-0.2, -0.15) is 0 Å². The van der Waals surface area contributed by atoms with Crippen molar-refractivity contribution in [3.63, 3.8) is 0 Å². The third-order valence-corrected chi connectivity index (χ3v) is 5.40. The predicted molar refractivity (Wildman–Crippen MR) is 126 cm³/mol. The van der Waals surface area contributed by atoms with Crippen LogP contribution in [0.2, 0.25) is 0 Å². The van der Waals surface area contributed by atoms with Gasteiger partial charge < -0.3 is 19.4 Å². The maximum absolute atomic E-state index is 13.4. The summed E-state index contributed by atoms with van der Waals surface area (Å²) in [5.74, 6) is -0.858. The largest absolute Gasteiger partial charge is 0.459 e. The molecular formula is C25H39N3O4. The molecule has 7 heteroatoms. The molecule has 1 aliphatic heterocycles. The molecule has 0 N–H and O–H groups in total. The summed E-state index contributed by atoms with van der Waals surface area (Å²) in [6, 6.07) is 5.83. The van der Waals surface area contributed by atoms with Gasteiger partial charge in [0.25, 0.3) is 5.91 Å². The Balaban J connectivity index is 2.12. The van der Waals surface area contributed by atoms with E-state index in [0.717, 1.165) is 17.5 Å². The van der Waals surface area contributed by atoms with Gasteiger partial charge in [0.1, 0.15) is 12.1 Å². The van der Waals surface area contributed by atoms with Gasteiger partial charge in [-0.3, -0.25) is 14.4 Å². The Hall–Kier alpha value is -2.41. The number of amides is 2. The minimum Gasteiger partial charge on any atom is -0.459 e. The third kappa shape index (κ3) is 7.93. The molecule has 0 aromatic heterocycles. The molecule has 7 nitrogen and oxygen atoms in total. The molecule has 2 amide bonds. The van der Waals surface area contributed by atoms with Crippen LogP contribution in [-0.2, 0) is 14.3 Å². The lowest BCUT2D eigenvalue weighted by atomic mass is 9.95. The maximum atomic E-state index is 13.4. The van der Waals surface area contributed by atoms with Gasteiger partial charge in [0.05, 0.1) is 5.92 Å². The number of likely N-dealkylation sites (N-methyl/N-ethyl adjacent to an activating group) is 1. The molecular weight excluding hydrogens is 406 g/mol. The van der Waals surface area contributed by atoms with Crippen LogP contribution >= 0.6 is 0 Å². The molecule has 178 valence electrons. The first-order chi connectivity index (χ1) is 14.9. The average Bonchev–Trinajstić information content (AvgIpc) is 2.67. The lowest BCUT2D eigenvalue weighted by Gasteiger charge is -2.35. The second-order valence-corrected chi connectivity index (χ2v) is 10.1. The van der Waals surface area contributed by atoms with Crippen LogP contribution in [-0.4, -0.2) is 84.9 Å².